The van der Waals surface area contributed by atoms with E-state index in [0.717, 1.165) is 12.3 Å². The van der Waals surface area contributed by atoms with Crippen molar-refractivity contribution in [3.05, 3.63) is 80.4 Å². The van der Waals surface area contributed by atoms with Crippen LogP contribution in [0.5, 0.6) is 0 Å². The highest BCUT2D eigenvalue weighted by atomic mass is 19.4. The third-order valence-electron chi connectivity index (χ3n) is 5.56. The van der Waals surface area contributed by atoms with Crippen LogP contribution in [0.1, 0.15) is 30.9 Å². The molecule has 4 aromatic rings. The molecule has 0 bridgehead atoms. The summed E-state index contributed by atoms with van der Waals surface area (Å²) >= 11 is 0. The van der Waals surface area contributed by atoms with Crippen LogP contribution in [-0.2, 0) is 18.9 Å². The SMILES string of the molecule is CC(O)CCCn1ccc2cc(-c3ncc(C(F)(F)F)cn3)c(F)c(F)c2c1=O.Nc1cn[nH]c(=O)c1C(F)(F)F. The fourth-order valence-electron chi connectivity index (χ4n) is 3.59. The van der Waals surface area contributed by atoms with Crippen molar-refractivity contribution >= 4 is 16.5 Å². The minimum atomic E-state index is -4.74. The van der Waals surface area contributed by atoms with Crippen LogP contribution in [0.25, 0.3) is 22.2 Å². The Hall–Kier alpha value is -4.41. The highest BCUT2D eigenvalue weighted by molar-refractivity contribution is 5.86. The van der Waals surface area contributed by atoms with Gasteiger partial charge in [0.2, 0.25) is 0 Å². The van der Waals surface area contributed by atoms with Gasteiger partial charge in [-0.25, -0.2) is 23.8 Å². The zero-order chi connectivity index (χ0) is 30.7. The Kier molecular flexibility index (Phi) is 9.10. The molecule has 1 atom stereocenters. The van der Waals surface area contributed by atoms with Gasteiger partial charge in [0.1, 0.15) is 5.56 Å². The average Bonchev–Trinajstić information content (AvgIpc) is 2.86. The summed E-state index contributed by atoms with van der Waals surface area (Å²) in [5.74, 6) is -3.27. The maximum absolute atomic E-state index is 14.6. The number of aryl methyl sites for hydroxylation is 1. The number of fused-ring (bicyclic) bond motifs is 1. The number of aliphatic hydroxyl groups excluding tert-OH is 1. The number of benzene rings is 1. The fourth-order valence-corrected chi connectivity index (χ4v) is 3.59. The number of hydrogen-bond donors (Lipinski definition) is 3. The number of rotatable bonds is 5. The Labute approximate surface area is 224 Å². The van der Waals surface area contributed by atoms with Crippen molar-refractivity contribution in [2.45, 2.75) is 44.8 Å². The molecule has 0 spiro atoms. The van der Waals surface area contributed by atoms with Crippen molar-refractivity contribution in [3.63, 3.8) is 0 Å². The molecular formula is C24H20F8N6O3. The standard InChI is InChI=1S/C19H16F5N3O2.C5H4F3N3O/c1-10(28)3-2-5-27-6-4-11-7-13(15(20)16(21)14(11)18(27)29)17-25-8-12(9-26-17)19(22,23)24;6-5(7,8)3-2(9)1-10-11-4(3)12/h4,6-10,28H,2-3,5H2,1H3;1H,(H3,9,11,12). The van der Waals surface area contributed by atoms with E-state index in [-0.39, 0.29) is 11.9 Å². The monoisotopic (exact) mass is 592 g/mol. The molecule has 0 aliphatic carbocycles. The van der Waals surface area contributed by atoms with E-state index in [1.807, 2.05) is 0 Å². The molecule has 4 N–H and O–H groups in total. The molecular weight excluding hydrogens is 572 g/mol. The highest BCUT2D eigenvalue weighted by Gasteiger charge is 2.36. The van der Waals surface area contributed by atoms with E-state index in [1.54, 1.807) is 12.0 Å². The molecule has 220 valence electrons. The number of aromatic nitrogens is 5. The van der Waals surface area contributed by atoms with Crippen LogP contribution in [0.4, 0.5) is 40.8 Å². The van der Waals surface area contributed by atoms with Gasteiger partial charge < -0.3 is 15.4 Å². The number of nitrogen functional groups attached to an aromatic ring is 1. The first kappa shape index (κ1) is 31.1. The van der Waals surface area contributed by atoms with Gasteiger partial charge in [-0.1, -0.05) is 0 Å². The largest absolute Gasteiger partial charge is 0.423 e. The number of nitrogens with two attached hydrogens (primary N) is 1. The highest BCUT2D eigenvalue weighted by Crippen LogP contribution is 2.31. The molecule has 0 aliphatic heterocycles. The number of hydrogen-bond acceptors (Lipinski definition) is 7. The molecule has 17 heteroatoms. The first-order valence-electron chi connectivity index (χ1n) is 11.5. The van der Waals surface area contributed by atoms with Crippen LogP contribution in [0.15, 0.2) is 46.5 Å². The van der Waals surface area contributed by atoms with Gasteiger partial charge >= 0.3 is 12.4 Å². The Morgan fingerprint density at radius 3 is 2.17 bits per heavy atom. The minimum Gasteiger partial charge on any atom is -0.397 e. The van der Waals surface area contributed by atoms with Crippen LogP contribution in [0, 0.1) is 11.6 Å². The van der Waals surface area contributed by atoms with Gasteiger partial charge in [-0.2, -0.15) is 31.4 Å². The second-order valence-corrected chi connectivity index (χ2v) is 8.64. The normalized spacial score (nSPS) is 12.6. The lowest BCUT2D eigenvalue weighted by Crippen LogP contribution is -2.24. The quantitative estimate of drug-likeness (QED) is 0.294. The Bertz CT molecular complexity index is 1650. The molecule has 1 aromatic carbocycles. The molecule has 41 heavy (non-hydrogen) atoms. The first-order chi connectivity index (χ1) is 19.0. The van der Waals surface area contributed by atoms with Gasteiger partial charge in [0.25, 0.3) is 11.1 Å². The summed E-state index contributed by atoms with van der Waals surface area (Å²) in [6.07, 6.45) is -5.95. The lowest BCUT2D eigenvalue weighted by molar-refractivity contribution is -0.138. The Morgan fingerprint density at radius 2 is 1.66 bits per heavy atom. The fraction of sp³-hybridized carbons (Fsp3) is 0.292. The number of halogens is 8. The number of aliphatic hydroxyl groups is 1. The summed E-state index contributed by atoms with van der Waals surface area (Å²) in [6, 6.07) is 2.52. The lowest BCUT2D eigenvalue weighted by atomic mass is 10.1. The predicted molar refractivity (Wildman–Crippen MR) is 129 cm³/mol. The van der Waals surface area contributed by atoms with E-state index >= 15 is 0 Å². The van der Waals surface area contributed by atoms with Crippen molar-refractivity contribution in [1.82, 2.24) is 24.7 Å². The number of anilines is 1. The number of nitrogens with zero attached hydrogens (tertiary/aromatic N) is 4. The Morgan fingerprint density at radius 1 is 1.02 bits per heavy atom. The zero-order valence-electron chi connectivity index (χ0n) is 20.8. The summed E-state index contributed by atoms with van der Waals surface area (Å²) in [5, 5.41) is 13.6. The van der Waals surface area contributed by atoms with Crippen molar-refractivity contribution in [3.8, 4) is 11.4 Å². The van der Waals surface area contributed by atoms with Gasteiger partial charge in [0, 0.05) is 25.1 Å². The van der Waals surface area contributed by atoms with Gasteiger partial charge in [-0.05, 0) is 37.3 Å². The molecule has 0 aliphatic rings. The molecule has 3 heterocycles. The molecule has 0 fully saturated rings. The van der Waals surface area contributed by atoms with Gasteiger partial charge in [-0.15, -0.1) is 0 Å². The molecule has 0 saturated carbocycles. The maximum atomic E-state index is 14.6. The first-order valence-corrected chi connectivity index (χ1v) is 11.5. The number of aromatic amines is 1. The van der Waals surface area contributed by atoms with Crippen LogP contribution in [0.2, 0.25) is 0 Å². The van der Waals surface area contributed by atoms with E-state index in [4.69, 9.17) is 5.73 Å². The molecule has 0 radical (unpaired) electrons. The van der Waals surface area contributed by atoms with Crippen molar-refractivity contribution in [2.75, 3.05) is 5.73 Å². The smallest absolute Gasteiger partial charge is 0.397 e. The summed E-state index contributed by atoms with van der Waals surface area (Å²) in [5.41, 5.74) is -0.823. The second kappa shape index (κ2) is 12.0. The van der Waals surface area contributed by atoms with E-state index in [9.17, 15) is 49.8 Å². The van der Waals surface area contributed by atoms with Crippen LogP contribution in [0.3, 0.4) is 0 Å². The molecule has 9 nitrogen and oxygen atoms in total. The molecule has 3 aromatic heterocycles. The number of nitrogens with one attached hydrogen (secondary N) is 1. The summed E-state index contributed by atoms with van der Waals surface area (Å²) < 4.78 is 104. The average molecular weight is 592 g/mol. The maximum Gasteiger partial charge on any atom is 0.423 e. The predicted octanol–water partition coefficient (Wildman–Crippen LogP) is 4.29. The van der Waals surface area contributed by atoms with Crippen molar-refractivity contribution in [2.24, 2.45) is 0 Å². The number of H-pyrrole nitrogens is 1. The second-order valence-electron chi connectivity index (χ2n) is 8.64. The summed E-state index contributed by atoms with van der Waals surface area (Å²) in [4.78, 5) is 30.0. The van der Waals surface area contributed by atoms with Gasteiger partial charge in [0.05, 0.1) is 34.5 Å². The van der Waals surface area contributed by atoms with E-state index in [2.05, 4.69) is 15.1 Å². The number of alkyl halides is 6. The lowest BCUT2D eigenvalue weighted by Gasteiger charge is -2.11. The summed E-state index contributed by atoms with van der Waals surface area (Å²) in [6.45, 7) is 1.81. The van der Waals surface area contributed by atoms with Crippen LogP contribution >= 0.6 is 0 Å². The molecule has 1 unspecified atom stereocenters. The molecule has 0 saturated heterocycles. The van der Waals surface area contributed by atoms with E-state index in [0.29, 0.717) is 25.2 Å². The number of pyridine rings is 1. The van der Waals surface area contributed by atoms with E-state index in [1.165, 1.54) is 16.8 Å². The van der Waals surface area contributed by atoms with Crippen molar-refractivity contribution in [1.29, 1.82) is 0 Å². The Balaban J connectivity index is 0.000000322. The van der Waals surface area contributed by atoms with Crippen LogP contribution < -0.4 is 16.9 Å². The van der Waals surface area contributed by atoms with Gasteiger partial charge in [0.15, 0.2) is 17.5 Å². The summed E-state index contributed by atoms with van der Waals surface area (Å²) in [7, 11) is 0. The van der Waals surface area contributed by atoms with E-state index < -0.39 is 74.8 Å². The molecule has 4 rings (SSSR count). The molecule has 0 amide bonds. The van der Waals surface area contributed by atoms with Gasteiger partial charge in [-0.3, -0.25) is 9.59 Å². The van der Waals surface area contributed by atoms with Crippen LogP contribution in [-0.4, -0.2) is 35.9 Å². The third kappa shape index (κ3) is 7.22. The van der Waals surface area contributed by atoms with Crippen molar-refractivity contribution < 1.29 is 40.2 Å². The zero-order valence-corrected chi connectivity index (χ0v) is 20.8. The topological polar surface area (TPSA) is 140 Å². The minimum absolute atomic E-state index is 0.0687. The third-order valence-corrected chi connectivity index (χ3v) is 5.56.